The zero-order valence-corrected chi connectivity index (χ0v) is 13.7. The van der Waals surface area contributed by atoms with Gasteiger partial charge in [-0.05, 0) is 30.3 Å². The van der Waals surface area contributed by atoms with Gasteiger partial charge in [-0.1, -0.05) is 12.1 Å². The molecule has 0 radical (unpaired) electrons. The third kappa shape index (κ3) is 3.03. The first-order valence-corrected chi connectivity index (χ1v) is 8.07. The van der Waals surface area contributed by atoms with Crippen LogP contribution in [0.3, 0.4) is 0 Å². The predicted octanol–water partition coefficient (Wildman–Crippen LogP) is 1.29. The maximum atomic E-state index is 12.4. The third-order valence-electron chi connectivity index (χ3n) is 3.97. The van der Waals surface area contributed by atoms with E-state index in [-0.39, 0.29) is 18.8 Å². The molecule has 8 nitrogen and oxygen atoms in total. The molecule has 2 heterocycles. The van der Waals surface area contributed by atoms with Gasteiger partial charge in [0.05, 0.1) is 12.7 Å². The number of aliphatic hydroxyl groups excluding tert-OH is 2. The van der Waals surface area contributed by atoms with Gasteiger partial charge in [-0.15, -0.1) is 15.0 Å². The molecule has 26 heavy (non-hydrogen) atoms. The zero-order chi connectivity index (χ0) is 18.1. The van der Waals surface area contributed by atoms with Gasteiger partial charge in [-0.2, -0.15) is 0 Å². The number of aliphatic hydroxyl groups is 2. The predicted molar refractivity (Wildman–Crippen MR) is 96.5 cm³/mol. The first-order chi connectivity index (χ1) is 12.6. The van der Waals surface area contributed by atoms with Gasteiger partial charge in [0.25, 0.3) is 0 Å². The van der Waals surface area contributed by atoms with Crippen LogP contribution in [0, 0.1) is 0 Å². The Morgan fingerprint density at radius 3 is 2.54 bits per heavy atom. The summed E-state index contributed by atoms with van der Waals surface area (Å²) in [6.07, 6.45) is -0.861. The first kappa shape index (κ1) is 16.2. The van der Waals surface area contributed by atoms with E-state index in [0.717, 1.165) is 0 Å². The van der Waals surface area contributed by atoms with Crippen LogP contribution < -0.4 is 10.9 Å². The van der Waals surface area contributed by atoms with Crippen molar-refractivity contribution in [1.82, 2.24) is 15.0 Å². The number of fused-ring (bicyclic) bond motifs is 2. The molecule has 0 spiro atoms. The molecule has 0 aliphatic rings. The van der Waals surface area contributed by atoms with E-state index in [4.69, 9.17) is 9.52 Å². The number of nitrogens with one attached hydrogen (secondary N) is 1. The van der Waals surface area contributed by atoms with E-state index in [2.05, 4.69) is 15.5 Å². The Kier molecular flexibility index (Phi) is 4.11. The Morgan fingerprint density at radius 2 is 1.85 bits per heavy atom. The van der Waals surface area contributed by atoms with Gasteiger partial charge in [-0.25, -0.2) is 4.79 Å². The monoisotopic (exact) mass is 352 g/mol. The Bertz CT molecular complexity index is 1100. The molecule has 0 amide bonds. The molecule has 0 fully saturated rings. The summed E-state index contributed by atoms with van der Waals surface area (Å²) in [7, 11) is 0. The quantitative estimate of drug-likeness (QED) is 0.464. The lowest BCUT2D eigenvalue weighted by atomic mass is 10.2. The largest absolute Gasteiger partial charge is 0.421 e. The van der Waals surface area contributed by atoms with E-state index in [0.29, 0.717) is 27.7 Å². The highest BCUT2D eigenvalue weighted by Gasteiger charge is 2.12. The van der Waals surface area contributed by atoms with Crippen molar-refractivity contribution in [2.75, 3.05) is 18.5 Å². The summed E-state index contributed by atoms with van der Waals surface area (Å²) in [6.45, 7) is -0.141. The Labute approximate surface area is 147 Å². The minimum atomic E-state index is -0.861. The lowest BCUT2D eigenvalue weighted by Gasteiger charge is -2.10. The van der Waals surface area contributed by atoms with Crippen molar-refractivity contribution in [2.24, 2.45) is 0 Å². The number of aromatic nitrogens is 3. The van der Waals surface area contributed by atoms with E-state index in [1.807, 2.05) is 24.3 Å². The first-order valence-electron chi connectivity index (χ1n) is 8.07. The molecule has 3 N–H and O–H groups in total. The number of hydrogen-bond acceptors (Lipinski definition) is 7. The summed E-state index contributed by atoms with van der Waals surface area (Å²) in [4.78, 5) is 13.7. The Balaban J connectivity index is 1.71. The second kappa shape index (κ2) is 6.58. The molecule has 2 aromatic heterocycles. The van der Waals surface area contributed by atoms with Crippen molar-refractivity contribution < 1.29 is 14.6 Å². The maximum Gasteiger partial charge on any atom is 0.364 e. The highest BCUT2D eigenvalue weighted by molar-refractivity contribution is 5.82. The standard InChI is InChI=1S/C18H16N4O4/c23-10-13(24)9-19-12-6-5-11-7-16(18(25)26-17(11)8-12)22-20-14-3-1-2-4-15(14)21-22/h1-8,13,19,23-24H,9-10H2. The maximum absolute atomic E-state index is 12.4. The second-order valence-corrected chi connectivity index (χ2v) is 5.87. The molecule has 0 bridgehead atoms. The zero-order valence-electron chi connectivity index (χ0n) is 13.7. The number of nitrogens with zero attached hydrogens (tertiary/aromatic N) is 3. The van der Waals surface area contributed by atoms with Crippen LogP contribution in [0.25, 0.3) is 27.7 Å². The van der Waals surface area contributed by atoms with Crippen molar-refractivity contribution in [3.8, 4) is 5.69 Å². The molecule has 8 heteroatoms. The Hall–Kier alpha value is -3.23. The lowest BCUT2D eigenvalue weighted by Crippen LogP contribution is -2.22. The molecule has 2 aromatic carbocycles. The average molecular weight is 352 g/mol. The van der Waals surface area contributed by atoms with Gasteiger partial charge < -0.3 is 19.9 Å². The van der Waals surface area contributed by atoms with E-state index in [9.17, 15) is 9.90 Å². The van der Waals surface area contributed by atoms with Crippen LogP contribution in [0.1, 0.15) is 0 Å². The van der Waals surface area contributed by atoms with Gasteiger partial charge in [0.1, 0.15) is 16.6 Å². The van der Waals surface area contributed by atoms with Gasteiger partial charge in [-0.3, -0.25) is 0 Å². The molecular weight excluding hydrogens is 336 g/mol. The van der Waals surface area contributed by atoms with E-state index >= 15 is 0 Å². The summed E-state index contributed by atoms with van der Waals surface area (Å²) in [5.41, 5.74) is 2.13. The summed E-state index contributed by atoms with van der Waals surface area (Å²) < 4.78 is 5.41. The van der Waals surface area contributed by atoms with Gasteiger partial charge in [0, 0.05) is 23.7 Å². The number of hydrogen-bond donors (Lipinski definition) is 3. The van der Waals surface area contributed by atoms with Crippen molar-refractivity contribution in [1.29, 1.82) is 0 Å². The summed E-state index contributed by atoms with van der Waals surface area (Å²) in [6, 6.07) is 14.3. The van der Waals surface area contributed by atoms with Crippen LogP contribution in [0.15, 0.2) is 57.7 Å². The smallest absolute Gasteiger partial charge is 0.364 e. The molecule has 132 valence electrons. The average Bonchev–Trinajstić information content (AvgIpc) is 3.09. The third-order valence-corrected chi connectivity index (χ3v) is 3.97. The number of rotatable bonds is 5. The van der Waals surface area contributed by atoms with Gasteiger partial charge >= 0.3 is 5.63 Å². The number of benzene rings is 2. The molecule has 0 aliphatic carbocycles. The molecular formula is C18H16N4O4. The van der Waals surface area contributed by atoms with Crippen LogP contribution in [0.5, 0.6) is 0 Å². The summed E-state index contributed by atoms with van der Waals surface area (Å²) in [5, 5.41) is 30.5. The normalized spacial score (nSPS) is 12.5. The molecule has 1 atom stereocenters. The second-order valence-electron chi connectivity index (χ2n) is 5.87. The van der Waals surface area contributed by atoms with Gasteiger partial charge in [0.2, 0.25) is 0 Å². The highest BCUT2D eigenvalue weighted by atomic mass is 16.4. The number of anilines is 1. The van der Waals surface area contributed by atoms with Crippen molar-refractivity contribution in [2.45, 2.75) is 6.10 Å². The molecule has 4 rings (SSSR count). The Morgan fingerprint density at radius 1 is 1.12 bits per heavy atom. The fourth-order valence-corrected chi connectivity index (χ4v) is 2.62. The molecule has 1 unspecified atom stereocenters. The van der Waals surface area contributed by atoms with Crippen LogP contribution in [-0.2, 0) is 0 Å². The minimum absolute atomic E-state index is 0.189. The van der Waals surface area contributed by atoms with Crippen molar-refractivity contribution in [3.05, 3.63) is 59.0 Å². The van der Waals surface area contributed by atoms with Crippen LogP contribution in [0.4, 0.5) is 5.69 Å². The van der Waals surface area contributed by atoms with Crippen LogP contribution in [-0.4, -0.2) is 44.5 Å². The van der Waals surface area contributed by atoms with Gasteiger partial charge in [0.15, 0.2) is 5.69 Å². The van der Waals surface area contributed by atoms with Crippen LogP contribution >= 0.6 is 0 Å². The summed E-state index contributed by atoms with van der Waals surface area (Å²) >= 11 is 0. The highest BCUT2D eigenvalue weighted by Crippen LogP contribution is 2.20. The van der Waals surface area contributed by atoms with E-state index in [1.54, 1.807) is 24.3 Å². The molecule has 4 aromatic rings. The van der Waals surface area contributed by atoms with E-state index in [1.165, 1.54) is 4.80 Å². The lowest BCUT2D eigenvalue weighted by molar-refractivity contribution is 0.105. The van der Waals surface area contributed by atoms with Crippen LogP contribution in [0.2, 0.25) is 0 Å². The molecule has 0 saturated carbocycles. The molecule has 0 saturated heterocycles. The fraction of sp³-hybridized carbons (Fsp3) is 0.167. The topological polar surface area (TPSA) is 113 Å². The van der Waals surface area contributed by atoms with Crippen molar-refractivity contribution in [3.63, 3.8) is 0 Å². The van der Waals surface area contributed by atoms with E-state index < -0.39 is 11.7 Å². The fourth-order valence-electron chi connectivity index (χ4n) is 2.62. The molecule has 0 aliphatic heterocycles. The SMILES string of the molecule is O=c1oc2cc(NCC(O)CO)ccc2cc1-n1nc2ccccc2n1. The minimum Gasteiger partial charge on any atom is -0.421 e. The summed E-state index contributed by atoms with van der Waals surface area (Å²) in [5.74, 6) is 0. The van der Waals surface area contributed by atoms with Crippen molar-refractivity contribution >= 4 is 27.7 Å².